The molecule has 1 atom stereocenters. The van der Waals surface area contributed by atoms with Crippen LogP contribution in [0.15, 0.2) is 0 Å². The summed E-state index contributed by atoms with van der Waals surface area (Å²) in [6.45, 7) is 3.60. The molecule has 0 bridgehead atoms. The average Bonchev–Trinajstić information content (AvgIpc) is 2.29. The van der Waals surface area contributed by atoms with Crippen LogP contribution in [0.1, 0.15) is 39.0 Å². The Labute approximate surface area is 63.2 Å². The first-order valence-corrected chi connectivity index (χ1v) is 4.60. The summed E-state index contributed by atoms with van der Waals surface area (Å²) in [5.41, 5.74) is 0.640. The van der Waals surface area contributed by atoms with Gasteiger partial charge in [0.25, 0.3) is 0 Å². The zero-order chi connectivity index (χ0) is 7.03. The third kappa shape index (κ3) is 0.878. The number of rotatable bonds is 1. The minimum Gasteiger partial charge on any atom is -0.311 e. The second-order valence-electron chi connectivity index (χ2n) is 3.99. The van der Waals surface area contributed by atoms with Crippen molar-refractivity contribution in [3.63, 3.8) is 0 Å². The van der Waals surface area contributed by atoms with E-state index in [4.69, 9.17) is 0 Å². The molecule has 1 heteroatoms. The Balaban J connectivity index is 1.92. The largest absolute Gasteiger partial charge is 0.311 e. The first-order chi connectivity index (χ1) is 4.85. The van der Waals surface area contributed by atoms with Gasteiger partial charge in [0.1, 0.15) is 0 Å². The van der Waals surface area contributed by atoms with Crippen molar-refractivity contribution < 1.29 is 0 Å². The predicted octanol–water partition coefficient (Wildman–Crippen LogP) is 1.93. The molecular formula is C9H17N. The van der Waals surface area contributed by atoms with Crippen LogP contribution in [0.5, 0.6) is 0 Å². The van der Waals surface area contributed by atoms with Crippen molar-refractivity contribution in [2.24, 2.45) is 5.92 Å². The van der Waals surface area contributed by atoms with E-state index in [0.29, 0.717) is 5.54 Å². The molecule has 1 unspecified atom stereocenters. The fourth-order valence-corrected chi connectivity index (χ4v) is 2.33. The Morgan fingerprint density at radius 2 is 2.30 bits per heavy atom. The van der Waals surface area contributed by atoms with Crippen LogP contribution >= 0.6 is 0 Å². The zero-order valence-electron chi connectivity index (χ0n) is 6.82. The molecule has 58 valence electrons. The van der Waals surface area contributed by atoms with Gasteiger partial charge in [0, 0.05) is 5.54 Å². The van der Waals surface area contributed by atoms with Crippen LogP contribution in [0.3, 0.4) is 0 Å². The van der Waals surface area contributed by atoms with E-state index in [1.807, 2.05) is 0 Å². The molecule has 1 saturated heterocycles. The Bertz CT molecular complexity index is 127. The summed E-state index contributed by atoms with van der Waals surface area (Å²) in [6.07, 6.45) is 7.19. The van der Waals surface area contributed by atoms with Gasteiger partial charge < -0.3 is 5.32 Å². The third-order valence-corrected chi connectivity index (χ3v) is 3.33. The molecule has 1 nitrogen and oxygen atoms in total. The summed E-state index contributed by atoms with van der Waals surface area (Å²) < 4.78 is 0. The van der Waals surface area contributed by atoms with Gasteiger partial charge in [-0.05, 0) is 38.1 Å². The number of nitrogens with one attached hydrogen (secondary N) is 1. The van der Waals surface area contributed by atoms with E-state index in [0.717, 1.165) is 5.92 Å². The van der Waals surface area contributed by atoms with E-state index in [2.05, 4.69) is 12.2 Å². The highest BCUT2D eigenvalue weighted by atomic mass is 15.0. The fraction of sp³-hybridized carbons (Fsp3) is 1.00. The van der Waals surface area contributed by atoms with E-state index in [1.165, 1.54) is 38.6 Å². The highest BCUT2D eigenvalue weighted by Gasteiger charge is 2.42. The van der Waals surface area contributed by atoms with Gasteiger partial charge in [-0.2, -0.15) is 0 Å². The topological polar surface area (TPSA) is 12.0 Å². The summed E-state index contributed by atoms with van der Waals surface area (Å²) in [6, 6.07) is 0. The predicted molar refractivity (Wildman–Crippen MR) is 43.0 cm³/mol. The molecule has 0 aromatic rings. The molecule has 2 aliphatic rings. The SMILES string of the molecule is CCC1CNC2(CCC2)C1. The molecule has 1 spiro atoms. The van der Waals surface area contributed by atoms with E-state index in [9.17, 15) is 0 Å². The maximum absolute atomic E-state index is 3.67. The fourth-order valence-electron chi connectivity index (χ4n) is 2.33. The van der Waals surface area contributed by atoms with Gasteiger partial charge in [-0.25, -0.2) is 0 Å². The molecular weight excluding hydrogens is 122 g/mol. The Kier molecular flexibility index (Phi) is 1.48. The molecule has 0 radical (unpaired) electrons. The summed E-state index contributed by atoms with van der Waals surface area (Å²) >= 11 is 0. The van der Waals surface area contributed by atoms with Crippen LogP contribution in [0, 0.1) is 5.92 Å². The van der Waals surface area contributed by atoms with Gasteiger partial charge in [0.05, 0.1) is 0 Å². The summed E-state index contributed by atoms with van der Waals surface area (Å²) in [5, 5.41) is 3.67. The van der Waals surface area contributed by atoms with Crippen molar-refractivity contribution in [1.82, 2.24) is 5.32 Å². The molecule has 1 heterocycles. The first kappa shape index (κ1) is 6.66. The van der Waals surface area contributed by atoms with Crippen LogP contribution < -0.4 is 5.32 Å². The van der Waals surface area contributed by atoms with Crippen LogP contribution in [-0.4, -0.2) is 12.1 Å². The molecule has 0 aromatic carbocycles. The Morgan fingerprint density at radius 1 is 1.50 bits per heavy atom. The Hall–Kier alpha value is -0.0400. The second-order valence-corrected chi connectivity index (χ2v) is 3.99. The van der Waals surface area contributed by atoms with Gasteiger partial charge in [0.2, 0.25) is 0 Å². The second kappa shape index (κ2) is 2.23. The highest BCUT2D eigenvalue weighted by molar-refractivity contribution is 5.01. The average molecular weight is 139 g/mol. The van der Waals surface area contributed by atoms with Crippen LogP contribution in [0.25, 0.3) is 0 Å². The molecule has 2 fully saturated rings. The summed E-state index contributed by atoms with van der Waals surface area (Å²) in [5.74, 6) is 0.986. The number of hydrogen-bond donors (Lipinski definition) is 1. The Morgan fingerprint density at radius 3 is 2.60 bits per heavy atom. The van der Waals surface area contributed by atoms with Crippen molar-refractivity contribution in [3.05, 3.63) is 0 Å². The lowest BCUT2D eigenvalue weighted by atomic mass is 9.74. The van der Waals surface area contributed by atoms with Crippen molar-refractivity contribution in [2.45, 2.75) is 44.6 Å². The molecule has 1 N–H and O–H groups in total. The van der Waals surface area contributed by atoms with Crippen molar-refractivity contribution in [3.8, 4) is 0 Å². The molecule has 2 rings (SSSR count). The van der Waals surface area contributed by atoms with E-state index >= 15 is 0 Å². The smallest absolute Gasteiger partial charge is 0.0184 e. The van der Waals surface area contributed by atoms with Gasteiger partial charge in [-0.3, -0.25) is 0 Å². The highest BCUT2D eigenvalue weighted by Crippen LogP contribution is 2.41. The lowest BCUT2D eigenvalue weighted by Crippen LogP contribution is -2.45. The van der Waals surface area contributed by atoms with Crippen LogP contribution in [-0.2, 0) is 0 Å². The molecule has 1 aliphatic carbocycles. The van der Waals surface area contributed by atoms with Gasteiger partial charge >= 0.3 is 0 Å². The van der Waals surface area contributed by atoms with E-state index < -0.39 is 0 Å². The summed E-state index contributed by atoms with van der Waals surface area (Å²) in [7, 11) is 0. The van der Waals surface area contributed by atoms with Crippen LogP contribution in [0.4, 0.5) is 0 Å². The van der Waals surface area contributed by atoms with Crippen LogP contribution in [0.2, 0.25) is 0 Å². The standard InChI is InChI=1S/C9H17N/c1-2-8-6-9(10-7-8)4-3-5-9/h8,10H,2-7H2,1H3. The maximum Gasteiger partial charge on any atom is 0.0184 e. The van der Waals surface area contributed by atoms with Crippen molar-refractivity contribution in [1.29, 1.82) is 0 Å². The van der Waals surface area contributed by atoms with E-state index in [-0.39, 0.29) is 0 Å². The summed E-state index contributed by atoms with van der Waals surface area (Å²) in [4.78, 5) is 0. The number of hydrogen-bond acceptors (Lipinski definition) is 1. The van der Waals surface area contributed by atoms with E-state index in [1.54, 1.807) is 0 Å². The molecule has 0 amide bonds. The maximum atomic E-state index is 3.67. The van der Waals surface area contributed by atoms with Crippen molar-refractivity contribution in [2.75, 3.05) is 6.54 Å². The van der Waals surface area contributed by atoms with Crippen molar-refractivity contribution >= 4 is 0 Å². The molecule has 0 aromatic heterocycles. The quantitative estimate of drug-likeness (QED) is 0.585. The normalized spacial score (nSPS) is 36.3. The molecule has 10 heavy (non-hydrogen) atoms. The van der Waals surface area contributed by atoms with Gasteiger partial charge in [0.15, 0.2) is 0 Å². The lowest BCUT2D eigenvalue weighted by Gasteiger charge is -2.38. The monoisotopic (exact) mass is 139 g/mol. The van der Waals surface area contributed by atoms with Gasteiger partial charge in [-0.15, -0.1) is 0 Å². The zero-order valence-corrected chi connectivity index (χ0v) is 6.82. The molecule has 1 saturated carbocycles. The minimum atomic E-state index is 0.640. The molecule has 1 aliphatic heterocycles. The minimum absolute atomic E-state index is 0.640. The lowest BCUT2D eigenvalue weighted by molar-refractivity contribution is 0.210. The third-order valence-electron chi connectivity index (χ3n) is 3.33. The van der Waals surface area contributed by atoms with Gasteiger partial charge in [-0.1, -0.05) is 13.3 Å². The first-order valence-electron chi connectivity index (χ1n) is 4.60.